The average molecular weight is 407 g/mol. The second-order valence-electron chi connectivity index (χ2n) is 7.43. The van der Waals surface area contributed by atoms with Crippen LogP contribution in [0, 0.1) is 0 Å². The molecule has 2 N–H and O–H groups in total. The zero-order valence-corrected chi connectivity index (χ0v) is 16.9. The van der Waals surface area contributed by atoms with E-state index in [-0.39, 0.29) is 17.5 Å². The summed E-state index contributed by atoms with van der Waals surface area (Å²) in [5, 5.41) is 3.00. The quantitative estimate of drug-likeness (QED) is 0.656. The van der Waals surface area contributed by atoms with Crippen molar-refractivity contribution in [1.82, 2.24) is 15.2 Å². The van der Waals surface area contributed by atoms with E-state index in [2.05, 4.69) is 21.3 Å². The highest BCUT2D eigenvalue weighted by Gasteiger charge is 2.23. The largest absolute Gasteiger partial charge is 0.496 e. The zero-order valence-electron chi connectivity index (χ0n) is 16.9. The topological polar surface area (TPSA) is 87.6 Å². The molecule has 3 heterocycles. The molecule has 0 aliphatic carbocycles. The lowest BCUT2D eigenvalue weighted by atomic mass is 10.0. The van der Waals surface area contributed by atoms with E-state index in [1.54, 1.807) is 31.4 Å². The van der Waals surface area contributed by atoms with Crippen LogP contribution in [-0.4, -0.2) is 42.0 Å². The molecular weight excluding hydrogens is 382 g/mol. The highest BCUT2D eigenvalue weighted by molar-refractivity contribution is 5.94. The Morgan fingerprint density at radius 2 is 1.97 bits per heavy atom. The minimum absolute atomic E-state index is 0.0515. The number of aromatic amines is 1. The van der Waals surface area contributed by atoms with Crippen LogP contribution in [0.2, 0.25) is 0 Å². The van der Waals surface area contributed by atoms with Crippen LogP contribution in [0.4, 0.5) is 0 Å². The predicted molar refractivity (Wildman–Crippen MR) is 114 cm³/mol. The van der Waals surface area contributed by atoms with Gasteiger partial charge >= 0.3 is 0 Å². The van der Waals surface area contributed by atoms with E-state index in [1.165, 1.54) is 6.26 Å². The molecule has 0 saturated carbocycles. The summed E-state index contributed by atoms with van der Waals surface area (Å²) in [6.45, 7) is 2.56. The van der Waals surface area contributed by atoms with Crippen molar-refractivity contribution in [2.75, 3.05) is 20.2 Å². The van der Waals surface area contributed by atoms with Gasteiger partial charge in [0.2, 0.25) is 0 Å². The van der Waals surface area contributed by atoms with Gasteiger partial charge in [0.25, 0.3) is 11.5 Å². The molecule has 2 aromatic heterocycles. The maximum absolute atomic E-state index is 12.6. The van der Waals surface area contributed by atoms with E-state index in [0.29, 0.717) is 11.5 Å². The summed E-state index contributed by atoms with van der Waals surface area (Å²) in [6.07, 6.45) is 3.21. The number of para-hydroxylation sites is 1. The molecule has 30 heavy (non-hydrogen) atoms. The number of hydrogen-bond acceptors (Lipinski definition) is 5. The summed E-state index contributed by atoms with van der Waals surface area (Å²) < 4.78 is 10.7. The van der Waals surface area contributed by atoms with Crippen LogP contribution in [0.3, 0.4) is 0 Å². The van der Waals surface area contributed by atoms with Crippen molar-refractivity contribution in [3.8, 4) is 17.2 Å². The molecule has 0 unspecified atom stereocenters. The van der Waals surface area contributed by atoms with Crippen LogP contribution >= 0.6 is 0 Å². The monoisotopic (exact) mass is 407 g/mol. The first-order valence-electron chi connectivity index (χ1n) is 10.1. The average Bonchev–Trinajstić information content (AvgIpc) is 3.30. The number of amides is 1. The van der Waals surface area contributed by atoms with Gasteiger partial charge in [-0.05, 0) is 43.2 Å². The molecule has 0 spiro atoms. The van der Waals surface area contributed by atoms with Crippen LogP contribution in [0.15, 0.2) is 64.0 Å². The number of carbonyl (C=O) groups is 1. The fourth-order valence-corrected chi connectivity index (χ4v) is 3.80. The Labute approximate surface area is 174 Å². The van der Waals surface area contributed by atoms with Crippen LogP contribution in [-0.2, 0) is 6.54 Å². The van der Waals surface area contributed by atoms with Gasteiger partial charge in [0.05, 0.1) is 19.1 Å². The molecule has 7 heteroatoms. The Morgan fingerprint density at radius 1 is 1.17 bits per heavy atom. The Morgan fingerprint density at radius 3 is 2.67 bits per heavy atom. The van der Waals surface area contributed by atoms with Crippen LogP contribution in [0.1, 0.15) is 28.8 Å². The summed E-state index contributed by atoms with van der Waals surface area (Å²) in [6, 6.07) is 14.8. The van der Waals surface area contributed by atoms with Crippen molar-refractivity contribution in [2.45, 2.75) is 25.4 Å². The van der Waals surface area contributed by atoms with E-state index in [9.17, 15) is 9.59 Å². The molecule has 0 atom stereocenters. The molecule has 1 aliphatic heterocycles. The van der Waals surface area contributed by atoms with Crippen molar-refractivity contribution in [3.63, 3.8) is 0 Å². The summed E-state index contributed by atoms with van der Waals surface area (Å²) in [5.74, 6) is 1.11. The molecule has 1 aliphatic rings. The molecule has 1 fully saturated rings. The van der Waals surface area contributed by atoms with Gasteiger partial charge in [-0.25, -0.2) is 0 Å². The number of likely N-dealkylation sites (tertiary alicyclic amines) is 1. The van der Waals surface area contributed by atoms with Crippen molar-refractivity contribution >= 4 is 5.91 Å². The first kappa shape index (κ1) is 20.0. The molecule has 1 amide bonds. The number of pyridine rings is 1. The Hall–Kier alpha value is -3.32. The van der Waals surface area contributed by atoms with Gasteiger partial charge in [0.1, 0.15) is 17.1 Å². The van der Waals surface area contributed by atoms with E-state index < -0.39 is 5.56 Å². The number of methoxy groups -OCH3 is 1. The van der Waals surface area contributed by atoms with Gasteiger partial charge in [-0.2, -0.15) is 0 Å². The molecule has 1 aromatic carbocycles. The first-order valence-corrected chi connectivity index (χ1v) is 10.1. The van der Waals surface area contributed by atoms with Crippen molar-refractivity contribution in [1.29, 1.82) is 0 Å². The van der Waals surface area contributed by atoms with Gasteiger partial charge in [-0.3, -0.25) is 14.5 Å². The molecule has 0 radical (unpaired) electrons. The number of piperidine rings is 1. The van der Waals surface area contributed by atoms with Gasteiger partial charge in [0, 0.05) is 31.2 Å². The SMILES string of the molecule is COc1ccccc1CN1CCC(NC(=O)c2ccc(-c3ccco3)[nH]c2=O)CC1. The van der Waals surface area contributed by atoms with Crippen LogP contribution in [0.5, 0.6) is 5.75 Å². The predicted octanol–water partition coefficient (Wildman–Crippen LogP) is 3.04. The third-order valence-corrected chi connectivity index (χ3v) is 5.45. The maximum atomic E-state index is 12.6. The second-order valence-corrected chi connectivity index (χ2v) is 7.43. The molecule has 1 saturated heterocycles. The smallest absolute Gasteiger partial charge is 0.261 e. The van der Waals surface area contributed by atoms with E-state index in [0.717, 1.165) is 43.8 Å². The van der Waals surface area contributed by atoms with E-state index >= 15 is 0 Å². The highest BCUT2D eigenvalue weighted by Crippen LogP contribution is 2.21. The molecule has 156 valence electrons. The van der Waals surface area contributed by atoms with Gasteiger partial charge in [0.15, 0.2) is 0 Å². The Balaban J connectivity index is 1.33. The summed E-state index contributed by atoms with van der Waals surface area (Å²) >= 11 is 0. The summed E-state index contributed by atoms with van der Waals surface area (Å²) in [7, 11) is 1.68. The number of nitrogens with one attached hydrogen (secondary N) is 2. The minimum atomic E-state index is -0.421. The van der Waals surface area contributed by atoms with Crippen molar-refractivity contribution in [2.24, 2.45) is 0 Å². The maximum Gasteiger partial charge on any atom is 0.261 e. The van der Waals surface area contributed by atoms with Crippen molar-refractivity contribution in [3.05, 3.63) is 76.3 Å². The number of hydrogen-bond donors (Lipinski definition) is 2. The molecule has 0 bridgehead atoms. The Bertz CT molecular complexity index is 1050. The fourth-order valence-electron chi connectivity index (χ4n) is 3.80. The van der Waals surface area contributed by atoms with Gasteiger partial charge in [-0.15, -0.1) is 0 Å². The molecular formula is C23H25N3O4. The van der Waals surface area contributed by atoms with E-state index in [1.807, 2.05) is 18.2 Å². The molecule has 3 aromatic rings. The van der Waals surface area contributed by atoms with Gasteiger partial charge < -0.3 is 19.5 Å². The van der Waals surface area contributed by atoms with Gasteiger partial charge in [-0.1, -0.05) is 18.2 Å². The Kier molecular flexibility index (Phi) is 5.99. The number of benzene rings is 1. The first-order chi connectivity index (χ1) is 14.6. The van der Waals surface area contributed by atoms with Crippen LogP contribution in [0.25, 0.3) is 11.5 Å². The number of H-pyrrole nitrogens is 1. The fraction of sp³-hybridized carbons (Fsp3) is 0.304. The molecule has 4 rings (SSSR count). The third kappa shape index (κ3) is 4.46. The van der Waals surface area contributed by atoms with E-state index in [4.69, 9.17) is 9.15 Å². The highest BCUT2D eigenvalue weighted by atomic mass is 16.5. The number of ether oxygens (including phenoxy) is 1. The molecule has 7 nitrogen and oxygen atoms in total. The summed E-state index contributed by atoms with van der Waals surface area (Å²) in [4.78, 5) is 30.0. The van der Waals surface area contributed by atoms with Crippen molar-refractivity contribution < 1.29 is 13.9 Å². The lowest BCUT2D eigenvalue weighted by molar-refractivity contribution is 0.0907. The number of furan rings is 1. The lowest BCUT2D eigenvalue weighted by Crippen LogP contribution is -2.45. The number of carbonyl (C=O) groups excluding carboxylic acids is 1. The zero-order chi connectivity index (χ0) is 20.9. The second kappa shape index (κ2) is 9.00. The standard InChI is InChI=1S/C23H25N3O4/c1-29-20-6-3-2-5-16(20)15-26-12-10-17(11-13-26)24-22(27)18-8-9-19(25-23(18)28)21-7-4-14-30-21/h2-9,14,17H,10-13,15H2,1H3,(H,24,27)(H,25,28). The summed E-state index contributed by atoms with van der Waals surface area (Å²) in [5.41, 5.74) is 1.40. The van der Waals surface area contributed by atoms with Crippen LogP contribution < -0.4 is 15.6 Å². The normalized spacial score (nSPS) is 15.1. The minimum Gasteiger partial charge on any atom is -0.496 e. The number of nitrogens with zero attached hydrogens (tertiary/aromatic N) is 1. The number of rotatable bonds is 6. The number of aromatic nitrogens is 1. The lowest BCUT2D eigenvalue weighted by Gasteiger charge is -2.32. The third-order valence-electron chi connectivity index (χ3n) is 5.45.